The van der Waals surface area contributed by atoms with Gasteiger partial charge in [-0.2, -0.15) is 0 Å². The molecule has 1 aliphatic carbocycles. The van der Waals surface area contributed by atoms with E-state index in [2.05, 4.69) is 0 Å². The van der Waals surface area contributed by atoms with Crippen molar-refractivity contribution >= 4 is 0 Å². The highest BCUT2D eigenvalue weighted by atomic mass is 19.1. The number of hydrogen-bond acceptors (Lipinski definition) is 1. The molecule has 0 bridgehead atoms. The van der Waals surface area contributed by atoms with E-state index in [-0.39, 0.29) is 17.9 Å². The third-order valence-corrected chi connectivity index (χ3v) is 4.08. The Balaban J connectivity index is 2.16. The zero-order valence-corrected chi connectivity index (χ0v) is 10.8. The van der Waals surface area contributed by atoms with E-state index in [1.165, 1.54) is 24.6 Å². The van der Waals surface area contributed by atoms with E-state index in [4.69, 9.17) is 0 Å². The molecule has 0 radical (unpaired) electrons. The molecular formula is C15H20F2O. The lowest BCUT2D eigenvalue weighted by Gasteiger charge is -2.35. The molecule has 2 rings (SSSR count). The lowest BCUT2D eigenvalue weighted by Crippen LogP contribution is -2.38. The molecule has 1 aromatic rings. The largest absolute Gasteiger partial charge is 0.390 e. The molecule has 18 heavy (non-hydrogen) atoms. The van der Waals surface area contributed by atoms with E-state index in [0.717, 1.165) is 25.7 Å². The Labute approximate surface area is 107 Å². The number of halogens is 2. The van der Waals surface area contributed by atoms with E-state index in [0.29, 0.717) is 0 Å². The minimum atomic E-state index is -1.02. The molecule has 0 amide bonds. The lowest BCUT2D eigenvalue weighted by molar-refractivity contribution is -0.0172. The fourth-order valence-corrected chi connectivity index (χ4v) is 2.93. The normalized spacial score (nSPS) is 20.7. The zero-order chi connectivity index (χ0) is 13.2. The predicted molar refractivity (Wildman–Crippen MR) is 67.3 cm³/mol. The van der Waals surface area contributed by atoms with E-state index in [9.17, 15) is 13.9 Å². The first-order valence-corrected chi connectivity index (χ1v) is 6.66. The van der Waals surface area contributed by atoms with Crippen LogP contribution in [0, 0.1) is 17.6 Å². The maximum Gasteiger partial charge on any atom is 0.129 e. The molecule has 1 saturated carbocycles. The van der Waals surface area contributed by atoms with Crippen molar-refractivity contribution in [2.75, 3.05) is 0 Å². The van der Waals surface area contributed by atoms with Crippen LogP contribution in [-0.4, -0.2) is 10.7 Å². The van der Waals surface area contributed by atoms with Gasteiger partial charge >= 0.3 is 0 Å². The molecule has 1 aliphatic rings. The molecule has 1 N–H and O–H groups in total. The molecule has 1 fully saturated rings. The van der Waals surface area contributed by atoms with Gasteiger partial charge in [0, 0.05) is 12.0 Å². The molecule has 1 aromatic carbocycles. The van der Waals surface area contributed by atoms with Gasteiger partial charge < -0.3 is 5.11 Å². The highest BCUT2D eigenvalue weighted by Gasteiger charge is 2.34. The van der Waals surface area contributed by atoms with Crippen molar-refractivity contribution in [3.8, 4) is 0 Å². The van der Waals surface area contributed by atoms with Crippen molar-refractivity contribution in [1.29, 1.82) is 0 Å². The summed E-state index contributed by atoms with van der Waals surface area (Å²) in [7, 11) is 0. The van der Waals surface area contributed by atoms with Crippen molar-refractivity contribution in [1.82, 2.24) is 0 Å². The van der Waals surface area contributed by atoms with Crippen molar-refractivity contribution in [2.24, 2.45) is 5.92 Å². The third-order valence-electron chi connectivity index (χ3n) is 4.08. The number of hydrogen-bond donors (Lipinski definition) is 1. The van der Waals surface area contributed by atoms with Crippen LogP contribution >= 0.6 is 0 Å². The first kappa shape index (κ1) is 13.5. The van der Waals surface area contributed by atoms with Gasteiger partial charge in [0.15, 0.2) is 0 Å². The highest BCUT2D eigenvalue weighted by molar-refractivity contribution is 5.21. The smallest absolute Gasteiger partial charge is 0.129 e. The summed E-state index contributed by atoms with van der Waals surface area (Å²) in [6.07, 6.45) is 5.34. The van der Waals surface area contributed by atoms with Crippen LogP contribution in [0.25, 0.3) is 0 Å². The van der Waals surface area contributed by atoms with Crippen LogP contribution in [0.5, 0.6) is 0 Å². The SMILES string of the molecule is CC(O)(Cc1c(F)cccc1F)C1CCCCC1. The molecule has 1 atom stereocenters. The Morgan fingerprint density at radius 3 is 2.28 bits per heavy atom. The van der Waals surface area contributed by atoms with Crippen LogP contribution in [0.3, 0.4) is 0 Å². The Morgan fingerprint density at radius 2 is 1.72 bits per heavy atom. The molecule has 1 unspecified atom stereocenters. The summed E-state index contributed by atoms with van der Waals surface area (Å²) in [5.41, 5.74) is -1.02. The van der Waals surface area contributed by atoms with Gasteiger partial charge in [0.1, 0.15) is 11.6 Å². The Bertz CT molecular complexity index is 389. The molecule has 0 spiro atoms. The van der Waals surface area contributed by atoms with Gasteiger partial charge in [0.25, 0.3) is 0 Å². The monoisotopic (exact) mass is 254 g/mol. The molecule has 0 saturated heterocycles. The fourth-order valence-electron chi connectivity index (χ4n) is 2.93. The van der Waals surface area contributed by atoms with Crippen LogP contribution in [0.2, 0.25) is 0 Å². The Kier molecular flexibility index (Phi) is 4.00. The molecule has 0 aromatic heterocycles. The summed E-state index contributed by atoms with van der Waals surface area (Å²) in [5, 5.41) is 10.5. The van der Waals surface area contributed by atoms with E-state index in [1.54, 1.807) is 6.92 Å². The Morgan fingerprint density at radius 1 is 1.17 bits per heavy atom. The average molecular weight is 254 g/mol. The topological polar surface area (TPSA) is 20.2 Å². The second kappa shape index (κ2) is 5.35. The van der Waals surface area contributed by atoms with Crippen LogP contribution in [0.15, 0.2) is 18.2 Å². The predicted octanol–water partition coefficient (Wildman–Crippen LogP) is 3.84. The molecule has 0 aliphatic heterocycles. The van der Waals surface area contributed by atoms with Gasteiger partial charge in [-0.15, -0.1) is 0 Å². The highest BCUT2D eigenvalue weighted by Crippen LogP contribution is 2.35. The molecule has 3 heteroatoms. The van der Waals surface area contributed by atoms with E-state index in [1.807, 2.05) is 0 Å². The summed E-state index contributed by atoms with van der Waals surface area (Å²) < 4.78 is 27.2. The zero-order valence-electron chi connectivity index (χ0n) is 10.8. The molecule has 0 heterocycles. The maximum absolute atomic E-state index is 13.6. The maximum atomic E-state index is 13.6. The van der Waals surface area contributed by atoms with Crippen molar-refractivity contribution < 1.29 is 13.9 Å². The van der Waals surface area contributed by atoms with Crippen molar-refractivity contribution in [3.05, 3.63) is 35.4 Å². The van der Waals surface area contributed by atoms with Crippen LogP contribution in [0.4, 0.5) is 8.78 Å². The first-order chi connectivity index (χ1) is 8.50. The van der Waals surface area contributed by atoms with Gasteiger partial charge in [0.2, 0.25) is 0 Å². The van der Waals surface area contributed by atoms with Crippen LogP contribution in [-0.2, 0) is 6.42 Å². The molecule has 100 valence electrons. The summed E-state index contributed by atoms with van der Waals surface area (Å²) >= 11 is 0. The second-order valence-electron chi connectivity index (χ2n) is 5.57. The number of rotatable bonds is 3. The minimum absolute atomic E-state index is 0.00748. The average Bonchev–Trinajstić information content (AvgIpc) is 2.35. The Hall–Kier alpha value is -0.960. The van der Waals surface area contributed by atoms with E-state index >= 15 is 0 Å². The van der Waals surface area contributed by atoms with Crippen LogP contribution < -0.4 is 0 Å². The van der Waals surface area contributed by atoms with Crippen LogP contribution in [0.1, 0.15) is 44.6 Å². The van der Waals surface area contributed by atoms with Gasteiger partial charge in [-0.25, -0.2) is 8.78 Å². The lowest BCUT2D eigenvalue weighted by atomic mass is 9.75. The van der Waals surface area contributed by atoms with Gasteiger partial charge in [-0.3, -0.25) is 0 Å². The van der Waals surface area contributed by atoms with Gasteiger partial charge in [0.05, 0.1) is 5.60 Å². The molecular weight excluding hydrogens is 234 g/mol. The number of benzene rings is 1. The quantitative estimate of drug-likeness (QED) is 0.869. The summed E-state index contributed by atoms with van der Waals surface area (Å²) in [6.45, 7) is 1.70. The third kappa shape index (κ3) is 2.89. The first-order valence-electron chi connectivity index (χ1n) is 6.66. The second-order valence-corrected chi connectivity index (χ2v) is 5.57. The summed E-state index contributed by atoms with van der Waals surface area (Å²) in [6, 6.07) is 3.84. The summed E-state index contributed by atoms with van der Waals surface area (Å²) in [5.74, 6) is -0.984. The molecule has 1 nitrogen and oxygen atoms in total. The standard InChI is InChI=1S/C15H20F2O/c1-15(18,11-6-3-2-4-7-11)10-12-13(16)8-5-9-14(12)17/h5,8-9,11,18H,2-4,6-7,10H2,1H3. The van der Waals surface area contributed by atoms with Gasteiger partial charge in [-0.05, 0) is 37.8 Å². The summed E-state index contributed by atoms with van der Waals surface area (Å²) in [4.78, 5) is 0. The fraction of sp³-hybridized carbons (Fsp3) is 0.600. The van der Waals surface area contributed by atoms with Crippen molar-refractivity contribution in [3.63, 3.8) is 0 Å². The number of aliphatic hydroxyl groups is 1. The van der Waals surface area contributed by atoms with Crippen molar-refractivity contribution in [2.45, 2.75) is 51.0 Å². The minimum Gasteiger partial charge on any atom is -0.390 e. The van der Waals surface area contributed by atoms with Gasteiger partial charge in [-0.1, -0.05) is 25.3 Å². The van der Waals surface area contributed by atoms with E-state index < -0.39 is 17.2 Å².